The van der Waals surface area contributed by atoms with E-state index in [2.05, 4.69) is 10.6 Å². The molecule has 0 radical (unpaired) electrons. The molecule has 1 unspecified atom stereocenters. The van der Waals surface area contributed by atoms with Crippen LogP contribution >= 0.6 is 0 Å². The molecule has 92 valence electrons. The van der Waals surface area contributed by atoms with Crippen molar-refractivity contribution in [1.29, 1.82) is 0 Å². The third-order valence-corrected chi connectivity index (χ3v) is 3.07. The van der Waals surface area contributed by atoms with Crippen molar-refractivity contribution >= 4 is 11.7 Å². The Morgan fingerprint density at radius 3 is 2.94 bits per heavy atom. The molecule has 1 atom stereocenters. The van der Waals surface area contributed by atoms with E-state index < -0.39 is 0 Å². The Kier molecular flexibility index (Phi) is 3.64. The van der Waals surface area contributed by atoms with Crippen molar-refractivity contribution in [2.45, 2.75) is 19.4 Å². The van der Waals surface area contributed by atoms with E-state index in [-0.39, 0.29) is 5.97 Å². The van der Waals surface area contributed by atoms with E-state index in [1.807, 2.05) is 19.1 Å². The number of benzene rings is 1. The van der Waals surface area contributed by atoms with E-state index in [0.717, 1.165) is 30.8 Å². The Bertz CT molecular complexity index is 412. The van der Waals surface area contributed by atoms with Crippen LogP contribution in [0.3, 0.4) is 0 Å². The van der Waals surface area contributed by atoms with E-state index in [9.17, 15) is 4.79 Å². The summed E-state index contributed by atoms with van der Waals surface area (Å²) in [5.41, 5.74) is 2.76. The second kappa shape index (κ2) is 5.19. The Balaban J connectivity index is 2.10. The molecule has 1 aromatic carbocycles. The van der Waals surface area contributed by atoms with Crippen LogP contribution in [0.4, 0.5) is 5.69 Å². The molecule has 0 bridgehead atoms. The summed E-state index contributed by atoms with van der Waals surface area (Å²) in [5.74, 6) is -0.290. The fourth-order valence-electron chi connectivity index (χ4n) is 2.07. The summed E-state index contributed by atoms with van der Waals surface area (Å²) >= 11 is 0. The molecule has 1 saturated heterocycles. The average molecular weight is 234 g/mol. The fraction of sp³-hybridized carbons (Fsp3) is 0.462. The van der Waals surface area contributed by atoms with Crippen LogP contribution in [0, 0.1) is 6.92 Å². The van der Waals surface area contributed by atoms with Gasteiger partial charge in [0.15, 0.2) is 0 Å². The number of aryl methyl sites for hydroxylation is 1. The zero-order valence-corrected chi connectivity index (χ0v) is 10.2. The SMILES string of the molecule is COC(=O)c1ccc(NC2CCNC2)c(C)c1. The molecule has 1 aromatic rings. The summed E-state index contributed by atoms with van der Waals surface area (Å²) in [6.45, 7) is 4.06. The predicted octanol–water partition coefficient (Wildman–Crippen LogP) is 1.56. The molecule has 1 heterocycles. The van der Waals surface area contributed by atoms with E-state index in [1.165, 1.54) is 7.11 Å². The number of carbonyl (C=O) groups is 1. The summed E-state index contributed by atoms with van der Waals surface area (Å²) in [7, 11) is 1.40. The fourth-order valence-corrected chi connectivity index (χ4v) is 2.07. The van der Waals surface area contributed by atoms with Crippen LogP contribution in [0.15, 0.2) is 18.2 Å². The molecular weight excluding hydrogens is 216 g/mol. The van der Waals surface area contributed by atoms with Gasteiger partial charge in [0.25, 0.3) is 0 Å². The molecule has 17 heavy (non-hydrogen) atoms. The van der Waals surface area contributed by atoms with Crippen molar-refractivity contribution in [2.75, 3.05) is 25.5 Å². The molecule has 4 nitrogen and oxygen atoms in total. The first-order valence-electron chi connectivity index (χ1n) is 5.87. The number of nitrogens with one attached hydrogen (secondary N) is 2. The smallest absolute Gasteiger partial charge is 0.337 e. The number of hydrogen-bond donors (Lipinski definition) is 2. The molecule has 2 N–H and O–H groups in total. The lowest BCUT2D eigenvalue weighted by atomic mass is 10.1. The number of methoxy groups -OCH3 is 1. The van der Waals surface area contributed by atoms with Gasteiger partial charge in [0.05, 0.1) is 12.7 Å². The lowest BCUT2D eigenvalue weighted by Crippen LogP contribution is -2.22. The maximum Gasteiger partial charge on any atom is 0.337 e. The van der Waals surface area contributed by atoms with Gasteiger partial charge in [-0.15, -0.1) is 0 Å². The van der Waals surface area contributed by atoms with Crippen molar-refractivity contribution in [3.05, 3.63) is 29.3 Å². The maximum absolute atomic E-state index is 11.4. The van der Waals surface area contributed by atoms with Crippen LogP contribution in [0.25, 0.3) is 0 Å². The summed E-state index contributed by atoms with van der Waals surface area (Å²) in [6, 6.07) is 6.08. The Labute approximate surface area is 101 Å². The molecule has 1 fully saturated rings. The van der Waals surface area contributed by atoms with Gasteiger partial charge >= 0.3 is 5.97 Å². The van der Waals surface area contributed by atoms with Gasteiger partial charge in [0.2, 0.25) is 0 Å². The summed E-state index contributed by atoms with van der Waals surface area (Å²) in [4.78, 5) is 11.4. The lowest BCUT2D eigenvalue weighted by molar-refractivity contribution is 0.0600. The molecular formula is C13H18N2O2. The molecule has 0 aliphatic carbocycles. The number of hydrogen-bond acceptors (Lipinski definition) is 4. The van der Waals surface area contributed by atoms with Crippen molar-refractivity contribution in [2.24, 2.45) is 0 Å². The Morgan fingerprint density at radius 2 is 2.35 bits per heavy atom. The zero-order chi connectivity index (χ0) is 12.3. The lowest BCUT2D eigenvalue weighted by Gasteiger charge is -2.15. The standard InChI is InChI=1S/C13H18N2O2/c1-9-7-10(13(16)17-2)3-4-12(9)15-11-5-6-14-8-11/h3-4,7,11,14-15H,5-6,8H2,1-2H3. The number of ether oxygens (including phenoxy) is 1. The van der Waals surface area contributed by atoms with Gasteiger partial charge in [-0.25, -0.2) is 4.79 Å². The highest BCUT2D eigenvalue weighted by Crippen LogP contribution is 2.19. The normalized spacial score (nSPS) is 19.1. The van der Waals surface area contributed by atoms with Crippen LogP contribution in [-0.4, -0.2) is 32.2 Å². The van der Waals surface area contributed by atoms with E-state index in [1.54, 1.807) is 6.07 Å². The third-order valence-electron chi connectivity index (χ3n) is 3.07. The minimum Gasteiger partial charge on any atom is -0.465 e. The van der Waals surface area contributed by atoms with Crippen LogP contribution in [0.1, 0.15) is 22.3 Å². The molecule has 2 rings (SSSR count). The van der Waals surface area contributed by atoms with Crippen molar-refractivity contribution in [1.82, 2.24) is 5.32 Å². The second-order valence-electron chi connectivity index (χ2n) is 4.36. The first-order valence-corrected chi connectivity index (χ1v) is 5.87. The van der Waals surface area contributed by atoms with Gasteiger partial charge in [-0.05, 0) is 43.7 Å². The largest absolute Gasteiger partial charge is 0.465 e. The second-order valence-corrected chi connectivity index (χ2v) is 4.36. The van der Waals surface area contributed by atoms with Crippen LogP contribution in [0.2, 0.25) is 0 Å². The predicted molar refractivity (Wildman–Crippen MR) is 67.4 cm³/mol. The quantitative estimate of drug-likeness (QED) is 0.779. The molecule has 4 heteroatoms. The van der Waals surface area contributed by atoms with Crippen molar-refractivity contribution in [3.63, 3.8) is 0 Å². The highest BCUT2D eigenvalue weighted by Gasteiger charge is 2.15. The first kappa shape index (κ1) is 11.9. The number of carbonyl (C=O) groups excluding carboxylic acids is 1. The number of anilines is 1. The van der Waals surface area contributed by atoms with Gasteiger partial charge in [-0.2, -0.15) is 0 Å². The highest BCUT2D eigenvalue weighted by molar-refractivity contribution is 5.90. The van der Waals surface area contributed by atoms with Gasteiger partial charge in [-0.3, -0.25) is 0 Å². The van der Waals surface area contributed by atoms with Gasteiger partial charge in [-0.1, -0.05) is 0 Å². The monoisotopic (exact) mass is 234 g/mol. The summed E-state index contributed by atoms with van der Waals surface area (Å²) in [5, 5.41) is 6.79. The minimum absolute atomic E-state index is 0.290. The summed E-state index contributed by atoms with van der Waals surface area (Å²) < 4.78 is 4.70. The van der Waals surface area contributed by atoms with E-state index in [4.69, 9.17) is 4.74 Å². The van der Waals surface area contributed by atoms with Crippen LogP contribution in [-0.2, 0) is 4.74 Å². The minimum atomic E-state index is -0.290. The van der Waals surface area contributed by atoms with Crippen molar-refractivity contribution < 1.29 is 9.53 Å². The topological polar surface area (TPSA) is 50.4 Å². The molecule has 0 amide bonds. The molecule has 1 aliphatic rings. The average Bonchev–Trinajstić information content (AvgIpc) is 2.83. The van der Waals surface area contributed by atoms with Crippen molar-refractivity contribution in [3.8, 4) is 0 Å². The molecule has 0 saturated carbocycles. The molecule has 1 aliphatic heterocycles. The highest BCUT2D eigenvalue weighted by atomic mass is 16.5. The van der Waals surface area contributed by atoms with Gasteiger partial charge < -0.3 is 15.4 Å². The Morgan fingerprint density at radius 1 is 1.53 bits per heavy atom. The first-order chi connectivity index (χ1) is 8.20. The van der Waals surface area contributed by atoms with Crippen LogP contribution < -0.4 is 10.6 Å². The number of rotatable bonds is 3. The maximum atomic E-state index is 11.4. The van der Waals surface area contributed by atoms with Gasteiger partial charge in [0, 0.05) is 18.3 Å². The zero-order valence-electron chi connectivity index (χ0n) is 10.2. The van der Waals surface area contributed by atoms with Crippen LogP contribution in [0.5, 0.6) is 0 Å². The van der Waals surface area contributed by atoms with E-state index >= 15 is 0 Å². The number of esters is 1. The Hall–Kier alpha value is -1.55. The molecule has 0 aromatic heterocycles. The summed E-state index contributed by atoms with van der Waals surface area (Å²) in [6.07, 6.45) is 1.14. The van der Waals surface area contributed by atoms with Gasteiger partial charge in [0.1, 0.15) is 0 Å². The molecule has 0 spiro atoms. The van der Waals surface area contributed by atoms with E-state index in [0.29, 0.717) is 11.6 Å². The third kappa shape index (κ3) is 2.77.